The molecule has 1 fully saturated rings. The highest BCUT2D eigenvalue weighted by molar-refractivity contribution is 7.99. The minimum absolute atomic E-state index is 0.215. The van der Waals surface area contributed by atoms with Gasteiger partial charge in [-0.15, -0.1) is 0 Å². The van der Waals surface area contributed by atoms with Crippen LogP contribution in [0.4, 0.5) is 8.78 Å². The first kappa shape index (κ1) is 15.8. The SMILES string of the molecule is CCNC(CC1CCSCC1)c1c(F)ccc(C)c1F. The van der Waals surface area contributed by atoms with Gasteiger partial charge in [0.1, 0.15) is 11.6 Å². The Morgan fingerprint density at radius 1 is 1.30 bits per heavy atom. The molecule has 1 aromatic carbocycles. The predicted molar refractivity (Wildman–Crippen MR) is 82.2 cm³/mol. The molecule has 1 atom stereocenters. The molecule has 1 unspecified atom stereocenters. The Bertz CT molecular complexity index is 444. The normalized spacial score (nSPS) is 18.2. The fraction of sp³-hybridized carbons (Fsp3) is 0.625. The number of hydrogen-bond donors (Lipinski definition) is 1. The van der Waals surface area contributed by atoms with Gasteiger partial charge in [-0.25, -0.2) is 8.78 Å². The van der Waals surface area contributed by atoms with Crippen LogP contribution in [0, 0.1) is 24.5 Å². The molecule has 1 saturated heterocycles. The van der Waals surface area contributed by atoms with E-state index in [4.69, 9.17) is 0 Å². The predicted octanol–water partition coefficient (Wildman–Crippen LogP) is 4.46. The molecule has 2 rings (SSSR count). The van der Waals surface area contributed by atoms with Crippen LogP contribution in [0.15, 0.2) is 12.1 Å². The third kappa shape index (κ3) is 3.73. The van der Waals surface area contributed by atoms with Gasteiger partial charge in [-0.3, -0.25) is 0 Å². The molecule has 1 aliphatic heterocycles. The van der Waals surface area contributed by atoms with Crippen LogP contribution in [0.3, 0.4) is 0 Å². The van der Waals surface area contributed by atoms with Crippen molar-refractivity contribution in [1.29, 1.82) is 0 Å². The first-order valence-corrected chi connectivity index (χ1v) is 8.54. The Kier molecular flexibility index (Phi) is 5.85. The van der Waals surface area contributed by atoms with Crippen LogP contribution >= 0.6 is 11.8 Å². The second-order valence-electron chi connectivity index (χ2n) is 5.49. The number of benzene rings is 1. The van der Waals surface area contributed by atoms with Crippen LogP contribution in [0.5, 0.6) is 0 Å². The van der Waals surface area contributed by atoms with Crippen LogP contribution in [-0.2, 0) is 0 Å². The Labute approximate surface area is 124 Å². The summed E-state index contributed by atoms with van der Waals surface area (Å²) in [5.41, 5.74) is 0.744. The van der Waals surface area contributed by atoms with E-state index in [1.54, 1.807) is 6.92 Å². The molecule has 4 heteroatoms. The largest absolute Gasteiger partial charge is 0.310 e. The molecule has 20 heavy (non-hydrogen) atoms. The van der Waals surface area contributed by atoms with E-state index in [1.165, 1.54) is 23.6 Å². The number of hydrogen-bond acceptors (Lipinski definition) is 2. The van der Waals surface area contributed by atoms with Crippen molar-refractivity contribution in [3.63, 3.8) is 0 Å². The van der Waals surface area contributed by atoms with E-state index in [1.807, 2.05) is 18.7 Å². The lowest BCUT2D eigenvalue weighted by molar-refractivity contribution is 0.357. The van der Waals surface area contributed by atoms with Gasteiger partial charge in [0.25, 0.3) is 0 Å². The Hall–Kier alpha value is -0.610. The molecular formula is C16H23F2NS. The second-order valence-corrected chi connectivity index (χ2v) is 6.72. The van der Waals surface area contributed by atoms with Gasteiger partial charge in [0, 0.05) is 11.6 Å². The fourth-order valence-corrected chi connectivity index (χ4v) is 4.07. The van der Waals surface area contributed by atoms with E-state index in [2.05, 4.69) is 5.32 Å². The van der Waals surface area contributed by atoms with E-state index in [0.29, 0.717) is 11.5 Å². The minimum atomic E-state index is -0.427. The van der Waals surface area contributed by atoms with Crippen LogP contribution < -0.4 is 5.32 Å². The molecule has 1 aliphatic rings. The summed E-state index contributed by atoms with van der Waals surface area (Å²) in [6.07, 6.45) is 3.13. The molecule has 112 valence electrons. The second kappa shape index (κ2) is 7.41. The lowest BCUT2D eigenvalue weighted by Crippen LogP contribution is -2.27. The van der Waals surface area contributed by atoms with Crippen LogP contribution in [0.1, 0.15) is 43.4 Å². The van der Waals surface area contributed by atoms with Crippen LogP contribution in [0.2, 0.25) is 0 Å². The van der Waals surface area contributed by atoms with Gasteiger partial charge in [-0.05, 0) is 61.8 Å². The summed E-state index contributed by atoms with van der Waals surface area (Å²) >= 11 is 1.98. The van der Waals surface area contributed by atoms with Crippen molar-refractivity contribution in [2.75, 3.05) is 18.1 Å². The standard InChI is InChI=1S/C16H23F2NS/c1-3-19-14(10-12-6-8-20-9-7-12)15-13(17)5-4-11(2)16(15)18/h4-5,12,14,19H,3,6-10H2,1-2H3. The van der Waals surface area contributed by atoms with Crippen molar-refractivity contribution in [2.24, 2.45) is 5.92 Å². The summed E-state index contributed by atoms with van der Waals surface area (Å²) in [6.45, 7) is 4.40. The van der Waals surface area contributed by atoms with E-state index in [9.17, 15) is 8.78 Å². The molecule has 1 N–H and O–H groups in total. The van der Waals surface area contributed by atoms with Gasteiger partial charge in [0.2, 0.25) is 0 Å². The first-order valence-electron chi connectivity index (χ1n) is 7.39. The molecule has 0 radical (unpaired) electrons. The molecule has 0 bridgehead atoms. The molecule has 0 spiro atoms. The maximum absolute atomic E-state index is 14.3. The Morgan fingerprint density at radius 3 is 2.65 bits per heavy atom. The lowest BCUT2D eigenvalue weighted by atomic mass is 9.89. The third-order valence-electron chi connectivity index (χ3n) is 4.03. The van der Waals surface area contributed by atoms with Crippen molar-refractivity contribution in [1.82, 2.24) is 5.32 Å². The lowest BCUT2D eigenvalue weighted by Gasteiger charge is -2.28. The third-order valence-corrected chi connectivity index (χ3v) is 5.08. The maximum atomic E-state index is 14.3. The smallest absolute Gasteiger partial charge is 0.133 e. The van der Waals surface area contributed by atoms with Gasteiger partial charge in [0.15, 0.2) is 0 Å². The summed E-state index contributed by atoms with van der Waals surface area (Å²) in [5, 5.41) is 3.27. The first-order chi connectivity index (χ1) is 9.63. The molecule has 0 aromatic heterocycles. The minimum Gasteiger partial charge on any atom is -0.310 e. The monoisotopic (exact) mass is 299 g/mol. The van der Waals surface area contributed by atoms with E-state index in [0.717, 1.165) is 25.8 Å². The van der Waals surface area contributed by atoms with Crippen molar-refractivity contribution >= 4 is 11.8 Å². The topological polar surface area (TPSA) is 12.0 Å². The van der Waals surface area contributed by atoms with Crippen LogP contribution in [-0.4, -0.2) is 18.1 Å². The summed E-state index contributed by atoms with van der Waals surface area (Å²) in [6, 6.07) is 2.68. The number of halogens is 2. The average molecular weight is 299 g/mol. The van der Waals surface area contributed by atoms with Crippen LogP contribution in [0.25, 0.3) is 0 Å². The van der Waals surface area contributed by atoms with E-state index < -0.39 is 5.82 Å². The number of rotatable bonds is 5. The zero-order valence-electron chi connectivity index (χ0n) is 12.2. The molecule has 0 aliphatic carbocycles. The highest BCUT2D eigenvalue weighted by Crippen LogP contribution is 2.33. The van der Waals surface area contributed by atoms with Gasteiger partial charge in [0.05, 0.1) is 0 Å². The van der Waals surface area contributed by atoms with Crippen molar-refractivity contribution in [3.8, 4) is 0 Å². The number of nitrogens with one attached hydrogen (secondary N) is 1. The van der Waals surface area contributed by atoms with E-state index >= 15 is 0 Å². The Morgan fingerprint density at radius 2 is 2.00 bits per heavy atom. The molecule has 1 nitrogen and oxygen atoms in total. The van der Waals surface area contributed by atoms with Gasteiger partial charge in [-0.1, -0.05) is 13.0 Å². The zero-order valence-corrected chi connectivity index (χ0v) is 13.0. The highest BCUT2D eigenvalue weighted by Gasteiger charge is 2.25. The number of aryl methyl sites for hydroxylation is 1. The highest BCUT2D eigenvalue weighted by atomic mass is 32.2. The van der Waals surface area contributed by atoms with Gasteiger partial charge >= 0.3 is 0 Å². The maximum Gasteiger partial charge on any atom is 0.133 e. The summed E-state index contributed by atoms with van der Waals surface area (Å²) in [7, 11) is 0. The number of thioether (sulfide) groups is 1. The van der Waals surface area contributed by atoms with E-state index in [-0.39, 0.29) is 17.4 Å². The van der Waals surface area contributed by atoms with Crippen molar-refractivity contribution in [3.05, 3.63) is 34.9 Å². The zero-order chi connectivity index (χ0) is 14.5. The molecular weight excluding hydrogens is 276 g/mol. The molecule has 1 heterocycles. The average Bonchev–Trinajstić information content (AvgIpc) is 2.45. The summed E-state index contributed by atoms with van der Waals surface area (Å²) in [4.78, 5) is 0. The van der Waals surface area contributed by atoms with Gasteiger partial charge in [-0.2, -0.15) is 11.8 Å². The summed E-state index contributed by atoms with van der Waals surface area (Å²) < 4.78 is 28.4. The molecule has 0 amide bonds. The molecule has 0 saturated carbocycles. The Balaban J connectivity index is 2.21. The van der Waals surface area contributed by atoms with Crippen molar-refractivity contribution in [2.45, 2.75) is 39.2 Å². The van der Waals surface area contributed by atoms with Gasteiger partial charge < -0.3 is 5.32 Å². The fourth-order valence-electron chi connectivity index (χ4n) is 2.86. The summed E-state index contributed by atoms with van der Waals surface area (Å²) in [5.74, 6) is 2.09. The molecule has 1 aromatic rings. The van der Waals surface area contributed by atoms with Crippen molar-refractivity contribution < 1.29 is 8.78 Å². The quantitative estimate of drug-likeness (QED) is 0.861.